The van der Waals surface area contributed by atoms with E-state index in [0.717, 1.165) is 40.3 Å². The summed E-state index contributed by atoms with van der Waals surface area (Å²) in [5.41, 5.74) is 11.7. The normalized spacial score (nSPS) is 11.8. The fourth-order valence-electron chi connectivity index (χ4n) is 6.57. The van der Waals surface area contributed by atoms with Gasteiger partial charge in [0, 0.05) is 68.3 Å². The van der Waals surface area contributed by atoms with Crippen molar-refractivity contribution in [2.75, 3.05) is 14.2 Å². The fraction of sp³-hybridized carbons (Fsp3) is 0.189. The summed E-state index contributed by atoms with van der Waals surface area (Å²) in [4.78, 5) is 0. The third-order valence-electron chi connectivity index (χ3n) is 8.64. The smallest absolute Gasteiger partial charge is 0.127 e. The molecule has 204 valence electrons. The van der Waals surface area contributed by atoms with Crippen molar-refractivity contribution in [1.82, 2.24) is 9.13 Å². The van der Waals surface area contributed by atoms with Gasteiger partial charge in [0.1, 0.15) is 11.5 Å². The fourth-order valence-corrected chi connectivity index (χ4v) is 6.57. The van der Waals surface area contributed by atoms with Crippen molar-refractivity contribution in [2.45, 2.75) is 27.3 Å². The zero-order valence-corrected chi connectivity index (χ0v) is 24.5. The summed E-state index contributed by atoms with van der Waals surface area (Å²) in [5.74, 6) is 1.65. The van der Waals surface area contributed by atoms with E-state index in [4.69, 9.17) is 9.47 Å². The van der Waals surface area contributed by atoms with Crippen molar-refractivity contribution in [3.05, 3.63) is 96.1 Å². The highest BCUT2D eigenvalue weighted by Crippen LogP contribution is 2.43. The Morgan fingerprint density at radius 3 is 1.46 bits per heavy atom. The molecule has 0 saturated carbocycles. The first kappa shape index (κ1) is 25.3. The van der Waals surface area contributed by atoms with E-state index >= 15 is 0 Å². The minimum atomic E-state index is 0.823. The van der Waals surface area contributed by atoms with Crippen molar-refractivity contribution >= 4 is 43.6 Å². The second-order valence-electron chi connectivity index (χ2n) is 11.1. The molecule has 0 fully saturated rings. The predicted molar refractivity (Wildman–Crippen MR) is 173 cm³/mol. The Morgan fingerprint density at radius 2 is 0.951 bits per heavy atom. The molecule has 0 spiro atoms. The van der Waals surface area contributed by atoms with E-state index in [0.29, 0.717) is 0 Å². The molecule has 4 heteroatoms. The number of methoxy groups -OCH3 is 2. The molecule has 0 aliphatic carbocycles. The van der Waals surface area contributed by atoms with E-state index in [-0.39, 0.29) is 0 Å². The molecule has 0 radical (unpaired) electrons. The van der Waals surface area contributed by atoms with Crippen molar-refractivity contribution in [1.29, 1.82) is 0 Å². The lowest BCUT2D eigenvalue weighted by Gasteiger charge is -2.16. The molecule has 0 aliphatic rings. The second-order valence-corrected chi connectivity index (χ2v) is 11.1. The summed E-state index contributed by atoms with van der Waals surface area (Å²) < 4.78 is 16.7. The quantitative estimate of drug-likeness (QED) is 0.218. The van der Waals surface area contributed by atoms with Crippen LogP contribution in [0, 0.1) is 13.8 Å². The van der Waals surface area contributed by atoms with Crippen LogP contribution < -0.4 is 9.47 Å². The van der Waals surface area contributed by atoms with Crippen LogP contribution in [0.5, 0.6) is 11.5 Å². The van der Waals surface area contributed by atoms with Crippen molar-refractivity contribution in [3.8, 4) is 33.8 Å². The van der Waals surface area contributed by atoms with E-state index in [1.165, 1.54) is 54.7 Å². The maximum absolute atomic E-state index is 6.02. The number of ether oxygens (including phenoxy) is 2. The molecule has 7 aromatic rings. The van der Waals surface area contributed by atoms with Gasteiger partial charge in [-0.25, -0.2) is 0 Å². The molecule has 0 aliphatic heterocycles. The van der Waals surface area contributed by atoms with Gasteiger partial charge in [-0.3, -0.25) is 0 Å². The van der Waals surface area contributed by atoms with Gasteiger partial charge in [0.2, 0.25) is 0 Å². The molecule has 0 bridgehead atoms. The van der Waals surface area contributed by atoms with Crippen LogP contribution in [0.2, 0.25) is 0 Å². The number of hydrogen-bond donors (Lipinski definition) is 0. The molecule has 4 nitrogen and oxygen atoms in total. The lowest BCUT2D eigenvalue weighted by atomic mass is 9.96. The standard InChI is InChI=1S/C37H34N2O2/c1-7-39-34-13-9-23(3)17-29(34)31-19-25(11-15-35(31)39)27-21-36(40-5)26(20-37(27)41-6)24-10-14-33-30(18-24)28-16-22(2)8-12-32(28)38(33)4/h8-21H,7H2,1-6H3. The Kier molecular flexibility index (Phi) is 5.83. The van der Waals surface area contributed by atoms with Gasteiger partial charge in [-0.1, -0.05) is 35.4 Å². The van der Waals surface area contributed by atoms with Gasteiger partial charge >= 0.3 is 0 Å². The summed E-state index contributed by atoms with van der Waals surface area (Å²) in [5, 5.41) is 5.04. The highest BCUT2D eigenvalue weighted by Gasteiger charge is 2.18. The third-order valence-corrected chi connectivity index (χ3v) is 8.64. The Balaban J connectivity index is 1.42. The number of nitrogens with zero attached hydrogens (tertiary/aromatic N) is 2. The zero-order valence-electron chi connectivity index (χ0n) is 24.5. The molecule has 0 atom stereocenters. The summed E-state index contributed by atoms with van der Waals surface area (Å²) in [6.45, 7) is 7.43. The summed E-state index contributed by atoms with van der Waals surface area (Å²) in [7, 11) is 5.63. The highest BCUT2D eigenvalue weighted by atomic mass is 16.5. The van der Waals surface area contributed by atoms with Crippen molar-refractivity contribution < 1.29 is 9.47 Å². The first-order valence-corrected chi connectivity index (χ1v) is 14.2. The summed E-state index contributed by atoms with van der Waals surface area (Å²) in [6, 6.07) is 31.0. The number of rotatable bonds is 5. The zero-order chi connectivity index (χ0) is 28.4. The van der Waals surface area contributed by atoms with Crippen LogP contribution in [-0.4, -0.2) is 23.4 Å². The first-order valence-electron chi connectivity index (χ1n) is 14.2. The molecule has 0 saturated heterocycles. The number of aryl methyl sites for hydroxylation is 4. The Bertz CT molecular complexity index is 2140. The first-order chi connectivity index (χ1) is 19.9. The average Bonchev–Trinajstić information content (AvgIpc) is 3.46. The average molecular weight is 539 g/mol. The van der Waals surface area contributed by atoms with Gasteiger partial charge in [0.15, 0.2) is 0 Å². The maximum Gasteiger partial charge on any atom is 0.127 e. The molecule has 7 rings (SSSR count). The number of benzene rings is 5. The third kappa shape index (κ3) is 3.81. The topological polar surface area (TPSA) is 28.3 Å². The van der Waals surface area contributed by atoms with E-state index in [1.54, 1.807) is 14.2 Å². The molecule has 0 N–H and O–H groups in total. The lowest BCUT2D eigenvalue weighted by molar-refractivity contribution is 0.406. The number of fused-ring (bicyclic) bond motifs is 6. The Labute approximate surface area is 240 Å². The minimum Gasteiger partial charge on any atom is -0.496 e. The molecule has 41 heavy (non-hydrogen) atoms. The number of aromatic nitrogens is 2. The summed E-state index contributed by atoms with van der Waals surface area (Å²) in [6.07, 6.45) is 0. The predicted octanol–water partition coefficient (Wildman–Crippen LogP) is 9.43. The maximum atomic E-state index is 6.02. The highest BCUT2D eigenvalue weighted by molar-refractivity contribution is 6.11. The summed E-state index contributed by atoms with van der Waals surface area (Å²) >= 11 is 0. The van der Waals surface area contributed by atoms with E-state index in [2.05, 4.69) is 122 Å². The second kappa shape index (κ2) is 9.45. The lowest BCUT2D eigenvalue weighted by Crippen LogP contribution is -1.95. The molecular formula is C37H34N2O2. The number of hydrogen-bond acceptors (Lipinski definition) is 2. The van der Waals surface area contributed by atoms with Crippen LogP contribution in [0.4, 0.5) is 0 Å². The van der Waals surface area contributed by atoms with Crippen molar-refractivity contribution in [2.24, 2.45) is 7.05 Å². The largest absolute Gasteiger partial charge is 0.496 e. The van der Waals surface area contributed by atoms with Crippen LogP contribution in [0.15, 0.2) is 84.9 Å². The van der Waals surface area contributed by atoms with Gasteiger partial charge < -0.3 is 18.6 Å². The van der Waals surface area contributed by atoms with Gasteiger partial charge in [-0.15, -0.1) is 0 Å². The molecule has 5 aromatic carbocycles. The molecule has 2 aromatic heterocycles. The van der Waals surface area contributed by atoms with Gasteiger partial charge in [0.05, 0.1) is 14.2 Å². The van der Waals surface area contributed by atoms with Crippen LogP contribution >= 0.6 is 0 Å². The van der Waals surface area contributed by atoms with Crippen LogP contribution in [-0.2, 0) is 13.6 Å². The van der Waals surface area contributed by atoms with E-state index in [1.807, 2.05) is 0 Å². The van der Waals surface area contributed by atoms with Gasteiger partial charge in [-0.2, -0.15) is 0 Å². The minimum absolute atomic E-state index is 0.823. The van der Waals surface area contributed by atoms with Gasteiger partial charge in [-0.05, 0) is 92.6 Å². The molecule has 0 unspecified atom stereocenters. The van der Waals surface area contributed by atoms with Gasteiger partial charge in [0.25, 0.3) is 0 Å². The molecule has 0 amide bonds. The molecule has 2 heterocycles. The monoisotopic (exact) mass is 538 g/mol. The van der Waals surface area contributed by atoms with Crippen LogP contribution in [0.3, 0.4) is 0 Å². The van der Waals surface area contributed by atoms with E-state index in [9.17, 15) is 0 Å². The SMILES string of the molecule is CCn1c2ccc(C)cc2c2cc(-c3cc(OC)c(-c4ccc5c(c4)c4cc(C)ccc4n5C)cc3OC)ccc21. The van der Waals surface area contributed by atoms with Crippen LogP contribution in [0.1, 0.15) is 18.1 Å². The molecular weight excluding hydrogens is 504 g/mol. The van der Waals surface area contributed by atoms with Crippen LogP contribution in [0.25, 0.3) is 65.9 Å². The van der Waals surface area contributed by atoms with E-state index < -0.39 is 0 Å². The van der Waals surface area contributed by atoms with Crippen molar-refractivity contribution in [3.63, 3.8) is 0 Å². The Morgan fingerprint density at radius 1 is 0.537 bits per heavy atom. The Hall–Kier alpha value is -4.70.